The van der Waals surface area contributed by atoms with Crippen LogP contribution in [0.2, 0.25) is 0 Å². The molecule has 1 aromatic rings. The lowest BCUT2D eigenvalue weighted by Crippen LogP contribution is -2.22. The van der Waals surface area contributed by atoms with Gasteiger partial charge in [0.2, 0.25) is 10.0 Å². The summed E-state index contributed by atoms with van der Waals surface area (Å²) in [4.78, 5) is 0.306. The van der Waals surface area contributed by atoms with Crippen molar-refractivity contribution in [1.29, 1.82) is 0 Å². The summed E-state index contributed by atoms with van der Waals surface area (Å²) in [6.07, 6.45) is 2.47. The van der Waals surface area contributed by atoms with Crippen LogP contribution in [0.25, 0.3) is 0 Å². The molecule has 1 unspecified atom stereocenters. The van der Waals surface area contributed by atoms with E-state index in [9.17, 15) is 8.42 Å². The molecule has 0 amide bonds. The van der Waals surface area contributed by atoms with E-state index in [4.69, 9.17) is 4.74 Å². The summed E-state index contributed by atoms with van der Waals surface area (Å²) in [5.41, 5.74) is 0.910. The van der Waals surface area contributed by atoms with Crippen molar-refractivity contribution in [3.8, 4) is 0 Å². The van der Waals surface area contributed by atoms with Crippen molar-refractivity contribution < 1.29 is 13.2 Å². The molecule has 1 aliphatic heterocycles. The summed E-state index contributed by atoms with van der Waals surface area (Å²) in [5.74, 6) is 0. The molecular formula is C13H20N2O3S. The van der Waals surface area contributed by atoms with E-state index in [1.54, 1.807) is 24.3 Å². The third-order valence-electron chi connectivity index (χ3n) is 3.19. The zero-order chi connectivity index (χ0) is 13.9. The largest absolute Gasteiger partial charge is 0.382 e. The van der Waals surface area contributed by atoms with E-state index in [-0.39, 0.29) is 6.10 Å². The maximum Gasteiger partial charge on any atom is 0.242 e. The fraction of sp³-hybridized carbons (Fsp3) is 0.538. The zero-order valence-corrected chi connectivity index (χ0v) is 12.1. The Kier molecular flexibility index (Phi) is 4.44. The maximum absolute atomic E-state index is 11.9. The Balaban J connectivity index is 1.98. The number of ether oxygens (including phenoxy) is 1. The highest BCUT2D eigenvalue weighted by atomic mass is 32.2. The molecule has 0 aromatic heterocycles. The van der Waals surface area contributed by atoms with Crippen LogP contribution in [0.4, 0.5) is 5.69 Å². The van der Waals surface area contributed by atoms with Gasteiger partial charge in [-0.25, -0.2) is 12.7 Å². The first-order valence-electron chi connectivity index (χ1n) is 6.38. The molecule has 2 rings (SSSR count). The van der Waals surface area contributed by atoms with Gasteiger partial charge in [-0.3, -0.25) is 0 Å². The zero-order valence-electron chi connectivity index (χ0n) is 11.3. The predicted octanol–water partition coefficient (Wildman–Crippen LogP) is 1.53. The Hall–Kier alpha value is -1.11. The van der Waals surface area contributed by atoms with Crippen LogP contribution in [0.3, 0.4) is 0 Å². The Morgan fingerprint density at radius 2 is 2.00 bits per heavy atom. The Morgan fingerprint density at radius 3 is 2.53 bits per heavy atom. The van der Waals surface area contributed by atoms with Crippen molar-refractivity contribution in [3.63, 3.8) is 0 Å². The topological polar surface area (TPSA) is 58.6 Å². The van der Waals surface area contributed by atoms with Crippen molar-refractivity contribution in [2.75, 3.05) is 32.6 Å². The second-order valence-electron chi connectivity index (χ2n) is 4.83. The Labute approximate surface area is 114 Å². The number of hydrogen-bond acceptors (Lipinski definition) is 4. The van der Waals surface area contributed by atoms with Gasteiger partial charge < -0.3 is 10.1 Å². The molecule has 1 aliphatic rings. The highest BCUT2D eigenvalue weighted by Crippen LogP contribution is 2.18. The average molecular weight is 284 g/mol. The predicted molar refractivity (Wildman–Crippen MR) is 74.8 cm³/mol. The number of hydrogen-bond donors (Lipinski definition) is 1. The minimum atomic E-state index is -3.34. The summed E-state index contributed by atoms with van der Waals surface area (Å²) in [6, 6.07) is 6.80. The second-order valence-corrected chi connectivity index (χ2v) is 6.98. The number of anilines is 1. The minimum absolute atomic E-state index is 0.269. The molecule has 1 N–H and O–H groups in total. The monoisotopic (exact) mass is 284 g/mol. The van der Waals surface area contributed by atoms with Crippen LogP contribution >= 0.6 is 0 Å². The van der Waals surface area contributed by atoms with Crippen molar-refractivity contribution in [1.82, 2.24) is 4.31 Å². The molecule has 0 spiro atoms. The summed E-state index contributed by atoms with van der Waals surface area (Å²) in [5, 5.41) is 3.26. The lowest BCUT2D eigenvalue weighted by Gasteiger charge is -2.14. The van der Waals surface area contributed by atoms with E-state index in [2.05, 4.69) is 5.32 Å². The van der Waals surface area contributed by atoms with Crippen LogP contribution in [0.15, 0.2) is 29.2 Å². The third kappa shape index (κ3) is 3.46. The molecule has 1 heterocycles. The van der Waals surface area contributed by atoms with Gasteiger partial charge in [0, 0.05) is 32.9 Å². The van der Waals surface area contributed by atoms with Crippen LogP contribution < -0.4 is 5.32 Å². The van der Waals surface area contributed by atoms with E-state index in [0.717, 1.165) is 31.7 Å². The molecule has 6 heteroatoms. The highest BCUT2D eigenvalue weighted by Gasteiger charge is 2.17. The quantitative estimate of drug-likeness (QED) is 0.891. The first kappa shape index (κ1) is 14.3. The van der Waals surface area contributed by atoms with Gasteiger partial charge in [-0.05, 0) is 37.1 Å². The van der Waals surface area contributed by atoms with Gasteiger partial charge in [0.05, 0.1) is 11.0 Å². The van der Waals surface area contributed by atoms with Crippen LogP contribution in [0.5, 0.6) is 0 Å². The number of rotatable bonds is 5. The van der Waals surface area contributed by atoms with Crippen LogP contribution in [-0.2, 0) is 14.8 Å². The smallest absolute Gasteiger partial charge is 0.242 e. The first-order chi connectivity index (χ1) is 9.00. The minimum Gasteiger partial charge on any atom is -0.382 e. The summed E-state index contributed by atoms with van der Waals surface area (Å²) >= 11 is 0. The van der Waals surface area contributed by atoms with Gasteiger partial charge in [0.25, 0.3) is 0 Å². The Morgan fingerprint density at radius 1 is 1.32 bits per heavy atom. The van der Waals surface area contributed by atoms with Gasteiger partial charge in [-0.15, -0.1) is 0 Å². The van der Waals surface area contributed by atoms with Gasteiger partial charge >= 0.3 is 0 Å². The number of nitrogens with zero attached hydrogens (tertiary/aromatic N) is 1. The van der Waals surface area contributed by atoms with E-state index in [1.807, 2.05) is 0 Å². The van der Waals surface area contributed by atoms with Crippen LogP contribution in [0, 0.1) is 0 Å². The lowest BCUT2D eigenvalue weighted by molar-refractivity contribution is 0.120. The van der Waals surface area contributed by atoms with Gasteiger partial charge in [-0.2, -0.15) is 0 Å². The summed E-state index contributed by atoms with van der Waals surface area (Å²) in [7, 11) is -0.290. The van der Waals surface area contributed by atoms with Crippen molar-refractivity contribution >= 4 is 15.7 Å². The molecule has 19 heavy (non-hydrogen) atoms. The SMILES string of the molecule is CN(C)S(=O)(=O)c1ccc(NCC2CCCO2)cc1. The van der Waals surface area contributed by atoms with Gasteiger partial charge in [-0.1, -0.05) is 0 Å². The normalized spacial score (nSPS) is 19.8. The first-order valence-corrected chi connectivity index (χ1v) is 7.82. The molecule has 106 valence electrons. The molecule has 1 fully saturated rings. The molecule has 1 aromatic carbocycles. The van der Waals surface area contributed by atoms with Crippen molar-refractivity contribution in [3.05, 3.63) is 24.3 Å². The molecule has 0 aliphatic carbocycles. The third-order valence-corrected chi connectivity index (χ3v) is 5.02. The highest BCUT2D eigenvalue weighted by molar-refractivity contribution is 7.89. The van der Waals surface area contributed by atoms with E-state index < -0.39 is 10.0 Å². The standard InChI is InChI=1S/C13H20N2O3S/c1-15(2)19(16,17)13-7-5-11(6-8-13)14-10-12-4-3-9-18-12/h5-8,12,14H,3-4,9-10H2,1-2H3. The van der Waals surface area contributed by atoms with E-state index >= 15 is 0 Å². The number of benzene rings is 1. The van der Waals surface area contributed by atoms with E-state index in [0.29, 0.717) is 4.90 Å². The number of nitrogens with one attached hydrogen (secondary N) is 1. The molecule has 5 nitrogen and oxygen atoms in total. The lowest BCUT2D eigenvalue weighted by atomic mass is 10.2. The van der Waals surface area contributed by atoms with Crippen LogP contribution in [-0.4, -0.2) is 46.1 Å². The maximum atomic E-state index is 11.9. The summed E-state index contributed by atoms with van der Waals surface area (Å²) in [6.45, 7) is 1.60. The van der Waals surface area contributed by atoms with Crippen LogP contribution in [0.1, 0.15) is 12.8 Å². The molecule has 0 saturated carbocycles. The molecule has 1 atom stereocenters. The van der Waals surface area contributed by atoms with E-state index in [1.165, 1.54) is 18.4 Å². The number of sulfonamides is 1. The molecule has 0 bridgehead atoms. The molecule has 1 saturated heterocycles. The molecule has 0 radical (unpaired) electrons. The van der Waals surface area contributed by atoms with Gasteiger partial charge in [0.15, 0.2) is 0 Å². The molecular weight excluding hydrogens is 264 g/mol. The fourth-order valence-electron chi connectivity index (χ4n) is 1.99. The van der Waals surface area contributed by atoms with Crippen molar-refractivity contribution in [2.24, 2.45) is 0 Å². The second kappa shape index (κ2) is 5.90. The van der Waals surface area contributed by atoms with Crippen molar-refractivity contribution in [2.45, 2.75) is 23.8 Å². The Bertz CT molecular complexity index is 505. The van der Waals surface area contributed by atoms with Gasteiger partial charge in [0.1, 0.15) is 0 Å². The fourth-order valence-corrected chi connectivity index (χ4v) is 2.89. The summed E-state index contributed by atoms with van der Waals surface area (Å²) < 4.78 is 30.5. The average Bonchev–Trinajstić information content (AvgIpc) is 2.90.